The van der Waals surface area contributed by atoms with E-state index in [1.807, 2.05) is 6.92 Å². The Morgan fingerprint density at radius 2 is 2.00 bits per heavy atom. The van der Waals surface area contributed by atoms with Crippen molar-refractivity contribution in [3.63, 3.8) is 0 Å². The lowest BCUT2D eigenvalue weighted by atomic mass is 9.80. The van der Waals surface area contributed by atoms with E-state index in [4.69, 9.17) is 11.6 Å². The fourth-order valence-electron chi connectivity index (χ4n) is 3.12. The molecule has 0 aliphatic heterocycles. The van der Waals surface area contributed by atoms with Gasteiger partial charge in [-0.25, -0.2) is 4.79 Å². The second-order valence-electron chi connectivity index (χ2n) is 5.91. The van der Waals surface area contributed by atoms with Gasteiger partial charge < -0.3 is 0 Å². The summed E-state index contributed by atoms with van der Waals surface area (Å²) in [4.78, 5) is 27.1. The third-order valence-electron chi connectivity index (χ3n) is 4.44. The second kappa shape index (κ2) is 6.61. The lowest BCUT2D eigenvalue weighted by molar-refractivity contribution is 0.223. The van der Waals surface area contributed by atoms with Crippen molar-refractivity contribution in [3.8, 4) is 0 Å². The van der Waals surface area contributed by atoms with Crippen LogP contribution in [0.15, 0.2) is 9.59 Å². The fraction of sp³-hybridized carbons (Fsp3) is 0.733. The van der Waals surface area contributed by atoms with Crippen LogP contribution in [0.1, 0.15) is 51.5 Å². The van der Waals surface area contributed by atoms with Gasteiger partial charge in [0, 0.05) is 6.54 Å². The van der Waals surface area contributed by atoms with E-state index in [0.717, 1.165) is 12.8 Å². The van der Waals surface area contributed by atoms with Gasteiger partial charge in [0.2, 0.25) is 0 Å². The van der Waals surface area contributed by atoms with Gasteiger partial charge >= 0.3 is 5.69 Å². The fourth-order valence-corrected chi connectivity index (χ4v) is 3.37. The highest BCUT2D eigenvalue weighted by Gasteiger charge is 2.23. The topological polar surface area (TPSA) is 54.9 Å². The molecule has 0 aromatic carbocycles. The molecular weight excluding hydrogens is 276 g/mol. The maximum absolute atomic E-state index is 12.4. The average molecular weight is 299 g/mol. The molecule has 5 heteroatoms. The summed E-state index contributed by atoms with van der Waals surface area (Å²) in [7, 11) is 0. The smallest absolute Gasteiger partial charge is 0.297 e. The normalized spacial score (nSPS) is 22.9. The summed E-state index contributed by atoms with van der Waals surface area (Å²) in [6.07, 6.45) is 6.17. The molecule has 0 radical (unpaired) electrons. The number of rotatable bonds is 4. The Bertz CT molecular complexity index is 576. The van der Waals surface area contributed by atoms with Crippen LogP contribution < -0.4 is 11.2 Å². The second-order valence-corrected chi connectivity index (χ2v) is 6.29. The molecule has 0 amide bonds. The third kappa shape index (κ3) is 3.17. The summed E-state index contributed by atoms with van der Waals surface area (Å²) in [6, 6.07) is 0. The molecule has 1 aromatic rings. The van der Waals surface area contributed by atoms with E-state index in [0.29, 0.717) is 30.4 Å². The first-order valence-corrected chi connectivity index (χ1v) is 7.93. The van der Waals surface area contributed by atoms with Gasteiger partial charge in [0.15, 0.2) is 0 Å². The molecular formula is C15H23ClN2O2. The highest BCUT2D eigenvalue weighted by molar-refractivity contribution is 6.30. The van der Waals surface area contributed by atoms with Gasteiger partial charge in [0.25, 0.3) is 5.56 Å². The summed E-state index contributed by atoms with van der Waals surface area (Å²) >= 11 is 5.99. The Morgan fingerprint density at radius 3 is 2.65 bits per heavy atom. The zero-order valence-electron chi connectivity index (χ0n) is 12.2. The average Bonchev–Trinajstić information content (AvgIpc) is 2.41. The zero-order valence-corrected chi connectivity index (χ0v) is 13.0. The van der Waals surface area contributed by atoms with Crippen LogP contribution in [0.3, 0.4) is 0 Å². The monoisotopic (exact) mass is 298 g/mol. The number of H-pyrrole nitrogens is 1. The minimum atomic E-state index is -0.377. The summed E-state index contributed by atoms with van der Waals surface area (Å²) in [6.45, 7) is 4.73. The van der Waals surface area contributed by atoms with E-state index < -0.39 is 0 Å². The first-order chi connectivity index (χ1) is 9.54. The van der Waals surface area contributed by atoms with Crippen LogP contribution in [-0.4, -0.2) is 9.55 Å². The molecule has 2 atom stereocenters. The van der Waals surface area contributed by atoms with Crippen molar-refractivity contribution in [1.82, 2.24) is 9.55 Å². The van der Waals surface area contributed by atoms with Crippen LogP contribution in [0.5, 0.6) is 0 Å². The van der Waals surface area contributed by atoms with Crippen molar-refractivity contribution >= 4 is 11.6 Å². The number of hydrogen-bond donors (Lipinski definition) is 1. The first-order valence-electron chi connectivity index (χ1n) is 7.56. The molecule has 112 valence electrons. The van der Waals surface area contributed by atoms with E-state index in [9.17, 15) is 9.59 Å². The quantitative estimate of drug-likeness (QED) is 0.869. The van der Waals surface area contributed by atoms with E-state index in [-0.39, 0.29) is 16.4 Å². The number of aromatic amines is 1. The first kappa shape index (κ1) is 15.4. The maximum Gasteiger partial charge on any atom is 0.329 e. The molecule has 2 rings (SSSR count). The number of halogens is 1. The molecule has 2 unspecified atom stereocenters. The standard InChI is InChI=1S/C15H23ClN2O2/c1-3-6-12-13(16)17-15(20)18(14(12)19)9-11-8-5-4-7-10(11)2/h10-11H,3-9H2,1-2H3,(H,17,20). The van der Waals surface area contributed by atoms with Gasteiger partial charge in [0.1, 0.15) is 5.15 Å². The van der Waals surface area contributed by atoms with Gasteiger partial charge in [-0.1, -0.05) is 51.1 Å². The number of nitrogens with one attached hydrogen (secondary N) is 1. The van der Waals surface area contributed by atoms with Crippen LogP contribution in [0.2, 0.25) is 5.15 Å². The van der Waals surface area contributed by atoms with Crippen molar-refractivity contribution in [3.05, 3.63) is 31.6 Å². The highest BCUT2D eigenvalue weighted by atomic mass is 35.5. The molecule has 1 aliphatic carbocycles. The van der Waals surface area contributed by atoms with Gasteiger partial charge in [-0.3, -0.25) is 14.3 Å². The summed E-state index contributed by atoms with van der Waals surface area (Å²) in [5, 5.41) is 0.204. The van der Waals surface area contributed by atoms with Crippen molar-refractivity contribution in [1.29, 1.82) is 0 Å². The van der Waals surface area contributed by atoms with Gasteiger partial charge in [-0.05, 0) is 24.7 Å². The molecule has 1 fully saturated rings. The minimum Gasteiger partial charge on any atom is -0.297 e. The van der Waals surface area contributed by atoms with Gasteiger partial charge in [0.05, 0.1) is 5.56 Å². The number of nitrogens with zero attached hydrogens (tertiary/aromatic N) is 1. The zero-order chi connectivity index (χ0) is 14.7. The van der Waals surface area contributed by atoms with Gasteiger partial charge in [-0.2, -0.15) is 0 Å². The van der Waals surface area contributed by atoms with E-state index >= 15 is 0 Å². The molecule has 4 nitrogen and oxygen atoms in total. The molecule has 1 aliphatic rings. The predicted octanol–water partition coefficient (Wildman–Crippen LogP) is 2.97. The molecule has 0 saturated heterocycles. The molecule has 1 N–H and O–H groups in total. The molecule has 1 aromatic heterocycles. The largest absolute Gasteiger partial charge is 0.329 e. The molecule has 20 heavy (non-hydrogen) atoms. The van der Waals surface area contributed by atoms with Crippen molar-refractivity contribution in [2.24, 2.45) is 11.8 Å². The number of aromatic nitrogens is 2. The van der Waals surface area contributed by atoms with Crippen molar-refractivity contribution in [2.75, 3.05) is 0 Å². The number of hydrogen-bond acceptors (Lipinski definition) is 2. The van der Waals surface area contributed by atoms with Crippen molar-refractivity contribution in [2.45, 2.75) is 58.9 Å². The van der Waals surface area contributed by atoms with E-state index in [2.05, 4.69) is 11.9 Å². The summed E-state index contributed by atoms with van der Waals surface area (Å²) in [5.41, 5.74) is -0.0479. The van der Waals surface area contributed by atoms with Crippen LogP contribution in [0.25, 0.3) is 0 Å². The van der Waals surface area contributed by atoms with Crippen LogP contribution in [0, 0.1) is 11.8 Å². The van der Waals surface area contributed by atoms with Crippen LogP contribution >= 0.6 is 11.6 Å². The molecule has 1 saturated carbocycles. The van der Waals surface area contributed by atoms with Crippen molar-refractivity contribution < 1.29 is 0 Å². The molecule has 0 spiro atoms. The van der Waals surface area contributed by atoms with Gasteiger partial charge in [-0.15, -0.1) is 0 Å². The van der Waals surface area contributed by atoms with Crippen LogP contribution in [-0.2, 0) is 13.0 Å². The Hall–Kier alpha value is -1.03. The molecule has 1 heterocycles. The SMILES string of the molecule is CCCc1c(Cl)[nH]c(=O)n(CC2CCCCC2C)c1=O. The Labute approximate surface area is 124 Å². The maximum atomic E-state index is 12.4. The summed E-state index contributed by atoms with van der Waals surface area (Å²) in [5.74, 6) is 0.985. The lowest BCUT2D eigenvalue weighted by Crippen LogP contribution is -2.40. The van der Waals surface area contributed by atoms with E-state index in [1.165, 1.54) is 23.8 Å². The highest BCUT2D eigenvalue weighted by Crippen LogP contribution is 2.30. The third-order valence-corrected chi connectivity index (χ3v) is 4.76. The predicted molar refractivity (Wildman–Crippen MR) is 81.4 cm³/mol. The summed E-state index contributed by atoms with van der Waals surface area (Å²) < 4.78 is 1.35. The minimum absolute atomic E-state index is 0.204. The lowest BCUT2D eigenvalue weighted by Gasteiger charge is -2.28. The Kier molecular flexibility index (Phi) is 5.08. The Balaban J connectivity index is 2.33. The van der Waals surface area contributed by atoms with E-state index in [1.54, 1.807) is 0 Å². The molecule has 0 bridgehead atoms. The van der Waals surface area contributed by atoms with Crippen LogP contribution in [0.4, 0.5) is 0 Å². The Morgan fingerprint density at radius 1 is 1.30 bits per heavy atom.